The second-order valence-electron chi connectivity index (χ2n) is 3.64. The van der Waals surface area contributed by atoms with Gasteiger partial charge in [0.15, 0.2) is 0 Å². The minimum atomic E-state index is -1.14. The van der Waals surface area contributed by atoms with Crippen LogP contribution in [0.1, 0.15) is 5.56 Å². The standard InChI is InChI=1S/C10H10Cl2FN/c11-8-3-1-2-7(9(8)12)4-10(13)5-14-6-10/h1-3,14H,4-6H2. The molecule has 0 amide bonds. The maximum Gasteiger partial charge on any atom is 0.139 e. The summed E-state index contributed by atoms with van der Waals surface area (Å²) in [6.07, 6.45) is 0.333. The van der Waals surface area contributed by atoms with Gasteiger partial charge in [0.05, 0.1) is 10.0 Å². The monoisotopic (exact) mass is 233 g/mol. The van der Waals surface area contributed by atoms with E-state index in [2.05, 4.69) is 5.32 Å². The van der Waals surface area contributed by atoms with Crippen LogP contribution in [0, 0.1) is 0 Å². The van der Waals surface area contributed by atoms with E-state index in [0.717, 1.165) is 5.56 Å². The van der Waals surface area contributed by atoms with Crippen molar-refractivity contribution in [3.8, 4) is 0 Å². The second-order valence-corrected chi connectivity index (χ2v) is 4.43. The molecule has 0 atom stereocenters. The van der Waals surface area contributed by atoms with Gasteiger partial charge in [-0.15, -0.1) is 0 Å². The van der Waals surface area contributed by atoms with Crippen molar-refractivity contribution in [1.29, 1.82) is 0 Å². The van der Waals surface area contributed by atoms with Crippen LogP contribution < -0.4 is 5.32 Å². The van der Waals surface area contributed by atoms with Gasteiger partial charge in [0, 0.05) is 19.5 Å². The van der Waals surface area contributed by atoms with Gasteiger partial charge in [0.2, 0.25) is 0 Å². The molecule has 0 saturated carbocycles. The number of hydrogen-bond acceptors (Lipinski definition) is 1. The molecule has 2 rings (SSSR count). The average Bonchev–Trinajstić information content (AvgIpc) is 2.10. The molecule has 1 aliphatic rings. The SMILES string of the molecule is FC1(Cc2cccc(Cl)c2Cl)CNC1. The summed E-state index contributed by atoms with van der Waals surface area (Å²) in [5.41, 5.74) is -0.364. The average molecular weight is 234 g/mol. The lowest BCUT2D eigenvalue weighted by Crippen LogP contribution is -2.57. The van der Waals surface area contributed by atoms with E-state index in [1.807, 2.05) is 6.07 Å². The molecule has 1 aliphatic heterocycles. The van der Waals surface area contributed by atoms with E-state index >= 15 is 0 Å². The number of benzene rings is 1. The molecule has 1 aromatic rings. The summed E-state index contributed by atoms with van der Waals surface area (Å²) in [4.78, 5) is 0. The third-order valence-corrected chi connectivity index (χ3v) is 3.28. The number of nitrogens with one attached hydrogen (secondary N) is 1. The lowest BCUT2D eigenvalue weighted by atomic mass is 9.91. The summed E-state index contributed by atoms with van der Waals surface area (Å²) in [6, 6.07) is 5.31. The van der Waals surface area contributed by atoms with Crippen LogP contribution >= 0.6 is 23.2 Å². The van der Waals surface area contributed by atoms with Gasteiger partial charge < -0.3 is 5.32 Å². The maximum atomic E-state index is 13.7. The first-order chi connectivity index (χ1) is 6.61. The third-order valence-electron chi connectivity index (χ3n) is 2.42. The Morgan fingerprint density at radius 2 is 2.07 bits per heavy atom. The molecule has 0 unspecified atom stereocenters. The molecular weight excluding hydrogens is 224 g/mol. The molecule has 0 radical (unpaired) electrons. The summed E-state index contributed by atoms with van der Waals surface area (Å²) in [5, 5.41) is 3.86. The Labute approximate surface area is 92.2 Å². The Bertz CT molecular complexity index is 350. The normalized spacial score (nSPS) is 19.1. The van der Waals surface area contributed by atoms with E-state index in [4.69, 9.17) is 23.2 Å². The van der Waals surface area contributed by atoms with Crippen LogP contribution in [-0.4, -0.2) is 18.8 Å². The van der Waals surface area contributed by atoms with Gasteiger partial charge in [-0.2, -0.15) is 0 Å². The maximum absolute atomic E-state index is 13.7. The Balaban J connectivity index is 2.20. The van der Waals surface area contributed by atoms with E-state index in [0.29, 0.717) is 29.6 Å². The molecule has 4 heteroatoms. The zero-order valence-corrected chi connectivity index (χ0v) is 9.00. The van der Waals surface area contributed by atoms with Crippen molar-refractivity contribution in [1.82, 2.24) is 5.32 Å². The molecule has 1 heterocycles. The van der Waals surface area contributed by atoms with Crippen LogP contribution in [-0.2, 0) is 6.42 Å². The molecular formula is C10H10Cl2FN. The van der Waals surface area contributed by atoms with E-state index < -0.39 is 5.67 Å². The fourth-order valence-electron chi connectivity index (χ4n) is 1.55. The minimum absolute atomic E-state index is 0.333. The highest BCUT2D eigenvalue weighted by atomic mass is 35.5. The third kappa shape index (κ3) is 1.88. The number of hydrogen-bond donors (Lipinski definition) is 1. The first-order valence-corrected chi connectivity index (χ1v) is 5.19. The minimum Gasteiger partial charge on any atom is -0.310 e. The lowest BCUT2D eigenvalue weighted by molar-refractivity contribution is 0.0912. The van der Waals surface area contributed by atoms with Crippen LogP contribution in [0.4, 0.5) is 4.39 Å². The highest BCUT2D eigenvalue weighted by Crippen LogP contribution is 2.30. The van der Waals surface area contributed by atoms with Gasteiger partial charge >= 0.3 is 0 Å². The first kappa shape index (κ1) is 10.2. The quantitative estimate of drug-likeness (QED) is 0.829. The first-order valence-electron chi connectivity index (χ1n) is 4.43. The molecule has 0 bridgehead atoms. The second kappa shape index (κ2) is 3.69. The van der Waals surface area contributed by atoms with Gasteiger partial charge in [0.1, 0.15) is 5.67 Å². The molecule has 14 heavy (non-hydrogen) atoms. The van der Waals surface area contributed by atoms with Crippen LogP contribution in [0.2, 0.25) is 10.0 Å². The summed E-state index contributed by atoms with van der Waals surface area (Å²) in [6.45, 7) is 0.797. The van der Waals surface area contributed by atoms with Crippen LogP contribution in [0.3, 0.4) is 0 Å². The summed E-state index contributed by atoms with van der Waals surface area (Å²) in [5.74, 6) is 0. The summed E-state index contributed by atoms with van der Waals surface area (Å²) < 4.78 is 13.7. The molecule has 0 aromatic heterocycles. The Hall–Kier alpha value is -0.310. The summed E-state index contributed by atoms with van der Waals surface area (Å²) in [7, 11) is 0. The van der Waals surface area contributed by atoms with Gasteiger partial charge in [-0.3, -0.25) is 0 Å². The molecule has 1 saturated heterocycles. The Morgan fingerprint density at radius 1 is 1.36 bits per heavy atom. The van der Waals surface area contributed by atoms with Gasteiger partial charge in [0.25, 0.3) is 0 Å². The van der Waals surface area contributed by atoms with Crippen molar-refractivity contribution in [2.45, 2.75) is 12.1 Å². The molecule has 76 valence electrons. The molecule has 0 spiro atoms. The van der Waals surface area contributed by atoms with Gasteiger partial charge in [-0.25, -0.2) is 4.39 Å². The molecule has 1 nitrogen and oxygen atoms in total. The van der Waals surface area contributed by atoms with Crippen molar-refractivity contribution in [2.24, 2.45) is 0 Å². The van der Waals surface area contributed by atoms with Gasteiger partial charge in [-0.1, -0.05) is 35.3 Å². The predicted octanol–water partition coefficient (Wildman–Crippen LogP) is 2.85. The predicted molar refractivity (Wildman–Crippen MR) is 56.9 cm³/mol. The largest absolute Gasteiger partial charge is 0.310 e. The molecule has 1 aromatic carbocycles. The van der Waals surface area contributed by atoms with Crippen molar-refractivity contribution in [3.05, 3.63) is 33.8 Å². The number of rotatable bonds is 2. The zero-order chi connectivity index (χ0) is 10.2. The summed E-state index contributed by atoms with van der Waals surface area (Å²) >= 11 is 11.8. The van der Waals surface area contributed by atoms with E-state index in [9.17, 15) is 4.39 Å². The zero-order valence-electron chi connectivity index (χ0n) is 7.49. The van der Waals surface area contributed by atoms with Crippen LogP contribution in [0.5, 0.6) is 0 Å². The molecule has 1 N–H and O–H groups in total. The van der Waals surface area contributed by atoms with Crippen molar-refractivity contribution < 1.29 is 4.39 Å². The highest BCUT2D eigenvalue weighted by Gasteiger charge is 2.37. The number of halogens is 3. The highest BCUT2D eigenvalue weighted by molar-refractivity contribution is 6.42. The fourth-order valence-corrected chi connectivity index (χ4v) is 1.93. The molecule has 1 fully saturated rings. The molecule has 0 aliphatic carbocycles. The van der Waals surface area contributed by atoms with Crippen molar-refractivity contribution in [3.63, 3.8) is 0 Å². The number of alkyl halides is 1. The Morgan fingerprint density at radius 3 is 2.64 bits per heavy atom. The smallest absolute Gasteiger partial charge is 0.139 e. The Kier molecular flexibility index (Phi) is 2.69. The lowest BCUT2D eigenvalue weighted by Gasteiger charge is -2.35. The topological polar surface area (TPSA) is 12.0 Å². The van der Waals surface area contributed by atoms with Crippen LogP contribution in [0.25, 0.3) is 0 Å². The van der Waals surface area contributed by atoms with Crippen molar-refractivity contribution in [2.75, 3.05) is 13.1 Å². The van der Waals surface area contributed by atoms with Gasteiger partial charge in [-0.05, 0) is 11.6 Å². The van der Waals surface area contributed by atoms with Crippen molar-refractivity contribution >= 4 is 23.2 Å². The fraction of sp³-hybridized carbons (Fsp3) is 0.400. The van der Waals surface area contributed by atoms with E-state index in [1.54, 1.807) is 12.1 Å². The van der Waals surface area contributed by atoms with E-state index in [1.165, 1.54) is 0 Å². The van der Waals surface area contributed by atoms with E-state index in [-0.39, 0.29) is 0 Å². The van der Waals surface area contributed by atoms with Crippen LogP contribution in [0.15, 0.2) is 18.2 Å².